The molecule has 1 aliphatic rings. The van der Waals surface area contributed by atoms with Crippen LogP contribution in [0.3, 0.4) is 0 Å². The summed E-state index contributed by atoms with van der Waals surface area (Å²) in [4.78, 5) is 15.0. The molecule has 0 fully saturated rings. The van der Waals surface area contributed by atoms with E-state index in [9.17, 15) is 4.79 Å². The number of hydrogen-bond acceptors (Lipinski definition) is 7. The van der Waals surface area contributed by atoms with Gasteiger partial charge in [-0.2, -0.15) is 0 Å². The molecular formula is C25H20BrN3O5. The van der Waals surface area contributed by atoms with E-state index in [4.69, 9.17) is 19.1 Å². The number of hydrogen-bond donors (Lipinski definition) is 2. The number of carbonyl (C=O) groups is 1. The fourth-order valence-corrected chi connectivity index (χ4v) is 4.17. The van der Waals surface area contributed by atoms with E-state index in [2.05, 4.69) is 31.4 Å². The van der Waals surface area contributed by atoms with Gasteiger partial charge in [-0.05, 0) is 69.9 Å². The number of aliphatic carboxylic acids is 1. The molecule has 0 spiro atoms. The number of carboxylic acids is 1. The molecular weight excluding hydrogens is 502 g/mol. The highest BCUT2D eigenvalue weighted by Gasteiger charge is 2.16. The second-order valence-corrected chi connectivity index (χ2v) is 8.52. The Morgan fingerprint density at radius 1 is 1.15 bits per heavy atom. The summed E-state index contributed by atoms with van der Waals surface area (Å²) in [6, 6.07) is 16.5. The Morgan fingerprint density at radius 2 is 1.97 bits per heavy atom. The SMILES string of the molecule is CC(N=Cc1ccc2c(Nc3cccc(-c4ccc5c(c4)OCCO5)c3Br)noc2c1)C(=O)O. The van der Waals surface area contributed by atoms with Gasteiger partial charge in [0.05, 0.1) is 11.1 Å². The number of rotatable bonds is 6. The standard InChI is InChI=1S/C25H20BrN3O5/c1-14(25(30)31)27-13-15-5-7-18-21(11-15)34-29-24(18)28-19-4-2-3-17(23(19)26)16-6-8-20-22(12-16)33-10-9-32-20/h2-8,11-14H,9-10H2,1H3,(H,28,29)(H,30,31). The number of fused-ring (bicyclic) bond motifs is 2. The van der Waals surface area contributed by atoms with Gasteiger partial charge in [-0.3, -0.25) is 4.99 Å². The zero-order valence-corrected chi connectivity index (χ0v) is 19.7. The van der Waals surface area contributed by atoms with Crippen molar-refractivity contribution in [1.82, 2.24) is 5.16 Å². The molecule has 0 saturated carbocycles. The van der Waals surface area contributed by atoms with Crippen molar-refractivity contribution in [3.05, 3.63) is 64.6 Å². The molecule has 1 unspecified atom stereocenters. The lowest BCUT2D eigenvalue weighted by Crippen LogP contribution is -2.15. The first-order valence-corrected chi connectivity index (χ1v) is 11.4. The Balaban J connectivity index is 1.41. The van der Waals surface area contributed by atoms with Gasteiger partial charge in [-0.1, -0.05) is 29.4 Å². The summed E-state index contributed by atoms with van der Waals surface area (Å²) in [5.41, 5.74) is 4.09. The Morgan fingerprint density at radius 3 is 2.79 bits per heavy atom. The number of anilines is 2. The highest BCUT2D eigenvalue weighted by Crippen LogP contribution is 2.40. The van der Waals surface area contributed by atoms with Gasteiger partial charge in [-0.15, -0.1) is 0 Å². The van der Waals surface area contributed by atoms with E-state index in [1.807, 2.05) is 48.5 Å². The molecule has 172 valence electrons. The molecule has 5 rings (SSSR count). The van der Waals surface area contributed by atoms with Crippen molar-refractivity contribution < 1.29 is 23.9 Å². The smallest absolute Gasteiger partial charge is 0.328 e. The third-order valence-corrected chi connectivity index (χ3v) is 6.26. The van der Waals surface area contributed by atoms with Crippen molar-refractivity contribution in [2.45, 2.75) is 13.0 Å². The minimum atomic E-state index is -0.979. The molecule has 1 aromatic heterocycles. The predicted octanol–water partition coefficient (Wildman–Crippen LogP) is 5.66. The molecule has 8 nitrogen and oxygen atoms in total. The number of ether oxygens (including phenoxy) is 2. The van der Waals surface area contributed by atoms with Crippen LogP contribution in [-0.2, 0) is 4.79 Å². The summed E-state index contributed by atoms with van der Waals surface area (Å²) in [5, 5.41) is 17.3. The van der Waals surface area contributed by atoms with Crippen LogP contribution in [0.5, 0.6) is 11.5 Å². The maximum atomic E-state index is 10.9. The van der Waals surface area contributed by atoms with Gasteiger partial charge in [0.15, 0.2) is 22.9 Å². The molecule has 1 aliphatic heterocycles. The summed E-state index contributed by atoms with van der Waals surface area (Å²) in [6.07, 6.45) is 1.52. The Bertz CT molecular complexity index is 1420. The van der Waals surface area contributed by atoms with Gasteiger partial charge in [0.1, 0.15) is 19.3 Å². The Labute approximate surface area is 203 Å². The molecule has 0 bridgehead atoms. The van der Waals surface area contributed by atoms with Crippen LogP contribution in [0, 0.1) is 0 Å². The van der Waals surface area contributed by atoms with E-state index >= 15 is 0 Å². The Kier molecular flexibility index (Phi) is 5.93. The van der Waals surface area contributed by atoms with Gasteiger partial charge >= 0.3 is 5.97 Å². The average molecular weight is 522 g/mol. The zero-order chi connectivity index (χ0) is 23.7. The van der Waals surface area contributed by atoms with Crippen LogP contribution in [0.2, 0.25) is 0 Å². The highest BCUT2D eigenvalue weighted by atomic mass is 79.9. The summed E-state index contributed by atoms with van der Waals surface area (Å²) < 4.78 is 17.7. The lowest BCUT2D eigenvalue weighted by Gasteiger charge is -2.19. The van der Waals surface area contributed by atoms with Crippen LogP contribution >= 0.6 is 15.9 Å². The third kappa shape index (κ3) is 4.34. The minimum Gasteiger partial charge on any atom is -0.486 e. The second kappa shape index (κ2) is 9.18. The van der Waals surface area contributed by atoms with E-state index in [1.54, 1.807) is 6.07 Å². The third-order valence-electron chi connectivity index (χ3n) is 5.41. The molecule has 0 aliphatic carbocycles. The van der Waals surface area contributed by atoms with Crippen molar-refractivity contribution in [3.63, 3.8) is 0 Å². The van der Waals surface area contributed by atoms with Crippen molar-refractivity contribution in [3.8, 4) is 22.6 Å². The molecule has 0 radical (unpaired) electrons. The first-order chi connectivity index (χ1) is 16.5. The topological polar surface area (TPSA) is 106 Å². The molecule has 1 atom stereocenters. The normalized spacial score (nSPS) is 13.8. The van der Waals surface area contributed by atoms with Crippen LogP contribution in [0.25, 0.3) is 22.1 Å². The summed E-state index contributed by atoms with van der Waals surface area (Å²) in [6.45, 7) is 2.60. The molecule has 0 saturated heterocycles. The fraction of sp³-hybridized carbons (Fsp3) is 0.160. The summed E-state index contributed by atoms with van der Waals surface area (Å²) in [5.74, 6) is 1.06. The van der Waals surface area contributed by atoms with Crippen LogP contribution < -0.4 is 14.8 Å². The van der Waals surface area contributed by atoms with Gasteiger partial charge in [0, 0.05) is 10.7 Å². The molecule has 34 heavy (non-hydrogen) atoms. The van der Waals surface area contributed by atoms with Crippen molar-refractivity contribution >= 4 is 50.6 Å². The minimum absolute atomic E-state index is 0.532. The maximum absolute atomic E-state index is 10.9. The van der Waals surface area contributed by atoms with Crippen LogP contribution in [0.15, 0.2) is 68.6 Å². The highest BCUT2D eigenvalue weighted by molar-refractivity contribution is 9.10. The maximum Gasteiger partial charge on any atom is 0.328 e. The van der Waals surface area contributed by atoms with Crippen molar-refractivity contribution in [1.29, 1.82) is 0 Å². The second-order valence-electron chi connectivity index (χ2n) is 7.73. The van der Waals surface area contributed by atoms with E-state index < -0.39 is 12.0 Å². The van der Waals surface area contributed by atoms with Crippen LogP contribution in [-0.4, -0.2) is 41.7 Å². The summed E-state index contributed by atoms with van der Waals surface area (Å²) >= 11 is 3.72. The molecule has 0 amide bonds. The number of nitrogens with zero attached hydrogens (tertiary/aromatic N) is 2. The van der Waals surface area contributed by atoms with Crippen molar-refractivity contribution in [2.75, 3.05) is 18.5 Å². The molecule has 2 N–H and O–H groups in total. The molecule has 2 heterocycles. The van der Waals surface area contributed by atoms with Crippen LogP contribution in [0.1, 0.15) is 12.5 Å². The molecule has 4 aromatic rings. The van der Waals surface area contributed by atoms with Crippen molar-refractivity contribution in [2.24, 2.45) is 4.99 Å². The van der Waals surface area contributed by atoms with E-state index in [1.165, 1.54) is 13.1 Å². The predicted molar refractivity (Wildman–Crippen MR) is 133 cm³/mol. The van der Waals surface area contributed by atoms with Gasteiger partial charge in [-0.25, -0.2) is 4.79 Å². The lowest BCUT2D eigenvalue weighted by molar-refractivity contribution is -0.137. The van der Waals surface area contributed by atoms with E-state index in [-0.39, 0.29) is 0 Å². The average Bonchev–Trinajstić information content (AvgIpc) is 3.25. The fourth-order valence-electron chi connectivity index (χ4n) is 3.58. The quantitative estimate of drug-likeness (QED) is 0.315. The van der Waals surface area contributed by atoms with E-state index in [0.717, 1.165) is 43.7 Å². The number of benzene rings is 3. The lowest BCUT2D eigenvalue weighted by atomic mass is 10.0. The summed E-state index contributed by atoms with van der Waals surface area (Å²) in [7, 11) is 0. The number of aromatic nitrogens is 1. The monoisotopic (exact) mass is 521 g/mol. The number of carboxylic acid groups (broad SMARTS) is 1. The number of nitrogens with one attached hydrogen (secondary N) is 1. The number of halogens is 1. The van der Waals surface area contributed by atoms with Crippen LogP contribution in [0.4, 0.5) is 11.5 Å². The first kappa shape index (κ1) is 22.0. The van der Waals surface area contributed by atoms with Gasteiger partial charge in [0.25, 0.3) is 0 Å². The largest absolute Gasteiger partial charge is 0.486 e. The molecule has 9 heteroatoms. The Hall–Kier alpha value is -3.85. The van der Waals surface area contributed by atoms with Gasteiger partial charge in [0.2, 0.25) is 0 Å². The molecule has 3 aromatic carbocycles. The first-order valence-electron chi connectivity index (χ1n) is 10.6. The number of aliphatic imine (C=N–C) groups is 1. The van der Waals surface area contributed by atoms with Gasteiger partial charge < -0.3 is 24.4 Å². The zero-order valence-electron chi connectivity index (χ0n) is 18.1. The van der Waals surface area contributed by atoms with E-state index in [0.29, 0.717) is 24.6 Å².